The second-order valence-corrected chi connectivity index (χ2v) is 5.65. The number of ether oxygens (including phenoxy) is 1. The molecule has 0 fully saturated rings. The van der Waals surface area contributed by atoms with E-state index in [4.69, 9.17) is 10.5 Å². The van der Waals surface area contributed by atoms with Gasteiger partial charge in [0.25, 0.3) is 0 Å². The molecule has 25 heavy (non-hydrogen) atoms. The average molecular weight is 332 g/mol. The molecule has 0 unspecified atom stereocenters. The Labute approximate surface area is 143 Å². The van der Waals surface area contributed by atoms with Gasteiger partial charge in [-0.3, -0.25) is 15.1 Å². The molecule has 124 valence electrons. The van der Waals surface area contributed by atoms with E-state index in [0.29, 0.717) is 22.8 Å². The number of methoxy groups -OCH3 is 1. The van der Waals surface area contributed by atoms with Gasteiger partial charge in [-0.15, -0.1) is 5.10 Å². The first-order chi connectivity index (χ1) is 12.2. The van der Waals surface area contributed by atoms with Crippen molar-refractivity contribution in [3.05, 3.63) is 48.3 Å². The minimum atomic E-state index is 0.460. The van der Waals surface area contributed by atoms with E-state index in [1.165, 1.54) is 0 Å². The van der Waals surface area contributed by atoms with Crippen molar-refractivity contribution in [3.8, 4) is 28.5 Å². The van der Waals surface area contributed by atoms with Gasteiger partial charge in [0.15, 0.2) is 0 Å². The van der Waals surface area contributed by atoms with Gasteiger partial charge in [-0.1, -0.05) is 6.07 Å². The topological polar surface area (TPSA) is 103 Å². The van der Waals surface area contributed by atoms with Gasteiger partial charge in [0, 0.05) is 5.69 Å². The number of aromatic nitrogens is 5. The van der Waals surface area contributed by atoms with Gasteiger partial charge in [-0.05, 0) is 37.3 Å². The van der Waals surface area contributed by atoms with Crippen LogP contribution in [0.25, 0.3) is 33.7 Å². The first-order valence-electron chi connectivity index (χ1n) is 7.75. The lowest BCUT2D eigenvalue weighted by molar-refractivity contribution is 0.398. The number of nitrogens with one attached hydrogen (secondary N) is 1. The highest BCUT2D eigenvalue weighted by Gasteiger charge is 2.20. The van der Waals surface area contributed by atoms with Crippen molar-refractivity contribution in [1.82, 2.24) is 25.1 Å². The van der Waals surface area contributed by atoms with Crippen LogP contribution in [0.5, 0.6) is 5.88 Å². The van der Waals surface area contributed by atoms with E-state index in [0.717, 1.165) is 28.2 Å². The van der Waals surface area contributed by atoms with E-state index in [9.17, 15) is 0 Å². The number of H-pyrrole nitrogens is 1. The third-order valence-corrected chi connectivity index (χ3v) is 3.89. The number of hydrogen-bond acceptors (Lipinski definition) is 6. The quantitative estimate of drug-likeness (QED) is 0.598. The number of aromatic amines is 1. The summed E-state index contributed by atoms with van der Waals surface area (Å²) in [5.41, 5.74) is 11.8. The van der Waals surface area contributed by atoms with Crippen LogP contribution in [0.2, 0.25) is 0 Å². The normalized spacial score (nSPS) is 11.0. The molecule has 4 aromatic rings. The maximum atomic E-state index is 5.83. The van der Waals surface area contributed by atoms with Crippen molar-refractivity contribution < 1.29 is 4.74 Å². The predicted octanol–water partition coefficient (Wildman–Crippen LogP) is 2.98. The van der Waals surface area contributed by atoms with E-state index in [-0.39, 0.29) is 0 Å². The first kappa shape index (κ1) is 15.1. The number of fused-ring (bicyclic) bond motifs is 1. The molecule has 4 heterocycles. The number of nitrogens with zero attached hydrogens (tertiary/aromatic N) is 4. The Morgan fingerprint density at radius 1 is 1.04 bits per heavy atom. The lowest BCUT2D eigenvalue weighted by Gasteiger charge is -2.07. The Morgan fingerprint density at radius 2 is 1.92 bits per heavy atom. The summed E-state index contributed by atoms with van der Waals surface area (Å²) < 4.78 is 5.42. The lowest BCUT2D eigenvalue weighted by atomic mass is 10.1. The monoisotopic (exact) mass is 332 g/mol. The SMILES string of the molecule is COc1n[nH]c(-c2cccc(C)n2)c1-c1ccc2ncc(N)cc2n1. The van der Waals surface area contributed by atoms with Crippen LogP contribution in [0, 0.1) is 6.92 Å². The van der Waals surface area contributed by atoms with Crippen LogP contribution in [-0.4, -0.2) is 32.3 Å². The smallest absolute Gasteiger partial charge is 0.242 e. The summed E-state index contributed by atoms with van der Waals surface area (Å²) in [6.07, 6.45) is 1.62. The molecule has 4 aromatic heterocycles. The predicted molar refractivity (Wildman–Crippen MR) is 96.1 cm³/mol. The van der Waals surface area contributed by atoms with Crippen molar-refractivity contribution in [3.63, 3.8) is 0 Å². The van der Waals surface area contributed by atoms with Crippen molar-refractivity contribution in [1.29, 1.82) is 0 Å². The van der Waals surface area contributed by atoms with Crippen molar-refractivity contribution >= 4 is 16.7 Å². The van der Waals surface area contributed by atoms with Crippen LogP contribution < -0.4 is 10.5 Å². The van der Waals surface area contributed by atoms with E-state index >= 15 is 0 Å². The zero-order valence-electron chi connectivity index (χ0n) is 13.8. The van der Waals surface area contributed by atoms with E-state index < -0.39 is 0 Å². The van der Waals surface area contributed by atoms with E-state index in [1.807, 2.05) is 37.3 Å². The van der Waals surface area contributed by atoms with Crippen molar-refractivity contribution in [2.45, 2.75) is 6.92 Å². The van der Waals surface area contributed by atoms with E-state index in [2.05, 4.69) is 25.1 Å². The van der Waals surface area contributed by atoms with Gasteiger partial charge in [-0.2, -0.15) is 0 Å². The summed E-state index contributed by atoms with van der Waals surface area (Å²) in [7, 11) is 1.58. The molecule has 0 atom stereocenters. The van der Waals surface area contributed by atoms with Crippen LogP contribution in [-0.2, 0) is 0 Å². The minimum Gasteiger partial charge on any atom is -0.479 e. The third-order valence-electron chi connectivity index (χ3n) is 3.89. The Hall–Kier alpha value is -3.48. The molecule has 0 saturated carbocycles. The second kappa shape index (κ2) is 5.86. The second-order valence-electron chi connectivity index (χ2n) is 5.65. The molecule has 0 saturated heterocycles. The van der Waals surface area contributed by atoms with Crippen LogP contribution >= 0.6 is 0 Å². The van der Waals surface area contributed by atoms with Gasteiger partial charge in [-0.25, -0.2) is 4.98 Å². The summed E-state index contributed by atoms with van der Waals surface area (Å²) in [5, 5.41) is 7.26. The number of rotatable bonds is 3. The molecule has 0 bridgehead atoms. The molecule has 0 amide bonds. The average Bonchev–Trinajstić information content (AvgIpc) is 3.05. The standard InChI is InChI=1S/C18H16N6O/c1-10-4-3-5-14(21-10)17-16(18(25-2)24-23-17)13-7-6-12-15(22-13)8-11(19)9-20-12/h3-9H,19H2,1-2H3,(H,23,24). The number of aryl methyl sites for hydroxylation is 1. The Kier molecular flexibility index (Phi) is 3.53. The molecule has 3 N–H and O–H groups in total. The van der Waals surface area contributed by atoms with Crippen LogP contribution in [0.15, 0.2) is 42.6 Å². The molecular weight excluding hydrogens is 316 g/mol. The Bertz CT molecular complexity index is 1070. The molecule has 0 radical (unpaired) electrons. The zero-order chi connectivity index (χ0) is 17.4. The fourth-order valence-electron chi connectivity index (χ4n) is 2.74. The molecule has 0 aliphatic carbocycles. The fourth-order valence-corrected chi connectivity index (χ4v) is 2.74. The van der Waals surface area contributed by atoms with Crippen molar-refractivity contribution in [2.75, 3.05) is 12.8 Å². The number of anilines is 1. The number of nitrogen functional groups attached to an aromatic ring is 1. The summed E-state index contributed by atoms with van der Waals surface area (Å²) in [6, 6.07) is 11.4. The zero-order valence-corrected chi connectivity index (χ0v) is 13.8. The minimum absolute atomic E-state index is 0.460. The Balaban J connectivity index is 1.94. The lowest BCUT2D eigenvalue weighted by Crippen LogP contribution is -1.94. The maximum absolute atomic E-state index is 5.83. The molecule has 0 aromatic carbocycles. The number of hydrogen-bond donors (Lipinski definition) is 2. The molecule has 4 rings (SSSR count). The van der Waals surface area contributed by atoms with Crippen LogP contribution in [0.3, 0.4) is 0 Å². The van der Waals surface area contributed by atoms with Crippen LogP contribution in [0.4, 0.5) is 5.69 Å². The van der Waals surface area contributed by atoms with Gasteiger partial charge in [0.1, 0.15) is 0 Å². The summed E-state index contributed by atoms with van der Waals surface area (Å²) in [5.74, 6) is 0.460. The largest absolute Gasteiger partial charge is 0.479 e. The molecule has 0 aliphatic rings. The third kappa shape index (κ3) is 2.65. The van der Waals surface area contributed by atoms with Crippen molar-refractivity contribution in [2.24, 2.45) is 0 Å². The van der Waals surface area contributed by atoms with Gasteiger partial charge in [0.05, 0.1) is 52.7 Å². The maximum Gasteiger partial charge on any atom is 0.242 e. The fraction of sp³-hybridized carbons (Fsp3) is 0.111. The summed E-state index contributed by atoms with van der Waals surface area (Å²) >= 11 is 0. The highest BCUT2D eigenvalue weighted by atomic mass is 16.5. The molecule has 0 aliphatic heterocycles. The van der Waals surface area contributed by atoms with Gasteiger partial charge in [0.2, 0.25) is 5.88 Å². The molecular formula is C18H16N6O. The molecule has 7 nitrogen and oxygen atoms in total. The highest BCUT2D eigenvalue weighted by molar-refractivity contribution is 5.86. The summed E-state index contributed by atoms with van der Waals surface area (Å²) in [4.78, 5) is 13.5. The number of nitrogens with two attached hydrogens (primary N) is 1. The summed E-state index contributed by atoms with van der Waals surface area (Å²) in [6.45, 7) is 1.94. The highest BCUT2D eigenvalue weighted by Crippen LogP contribution is 2.36. The van der Waals surface area contributed by atoms with Gasteiger partial charge < -0.3 is 10.5 Å². The van der Waals surface area contributed by atoms with Gasteiger partial charge >= 0.3 is 0 Å². The van der Waals surface area contributed by atoms with E-state index in [1.54, 1.807) is 19.4 Å². The number of pyridine rings is 3. The molecule has 0 spiro atoms. The molecule has 7 heteroatoms. The Morgan fingerprint density at radius 3 is 2.72 bits per heavy atom. The van der Waals surface area contributed by atoms with Crippen LogP contribution in [0.1, 0.15) is 5.69 Å². The first-order valence-corrected chi connectivity index (χ1v) is 7.75.